The third kappa shape index (κ3) is 4.18. The van der Waals surface area contributed by atoms with Gasteiger partial charge in [-0.15, -0.1) is 0 Å². The highest BCUT2D eigenvalue weighted by Gasteiger charge is 2.23. The molecule has 0 amide bonds. The van der Waals surface area contributed by atoms with E-state index in [9.17, 15) is 13.2 Å². The van der Waals surface area contributed by atoms with Crippen molar-refractivity contribution in [2.75, 3.05) is 0 Å². The molecule has 0 aliphatic carbocycles. The summed E-state index contributed by atoms with van der Waals surface area (Å²) in [7, 11) is -3.73. The first-order valence-corrected chi connectivity index (χ1v) is 12.3. The van der Waals surface area contributed by atoms with Gasteiger partial charge in [0.25, 0.3) is 0 Å². The number of carboxylic acids is 1. The number of aromatic amines is 1. The normalized spacial score (nSPS) is 12.6. The minimum atomic E-state index is -3.73. The van der Waals surface area contributed by atoms with E-state index in [0.29, 0.717) is 36.9 Å². The van der Waals surface area contributed by atoms with Crippen LogP contribution >= 0.6 is 31.9 Å². The fraction of sp³-hybridized carbons (Fsp3) is 0.0455. The number of halogens is 2. The second-order valence-electron chi connectivity index (χ2n) is 6.91. The summed E-state index contributed by atoms with van der Waals surface area (Å²) in [4.78, 5) is 14.5. The number of nitrogens with one attached hydrogen (secondary N) is 1. The van der Waals surface area contributed by atoms with E-state index in [0.717, 1.165) is 0 Å². The van der Waals surface area contributed by atoms with Crippen LogP contribution in [0.4, 0.5) is 0 Å². The monoisotopic (exact) mass is 578 g/mol. The van der Waals surface area contributed by atoms with Gasteiger partial charge in [-0.3, -0.25) is 4.79 Å². The van der Waals surface area contributed by atoms with Crippen molar-refractivity contribution < 1.29 is 23.1 Å². The van der Waals surface area contributed by atoms with Gasteiger partial charge in [0.2, 0.25) is 9.84 Å². The summed E-state index contributed by atoms with van der Waals surface area (Å²) in [6.07, 6.45) is 1.46. The number of benzene rings is 3. The molecule has 4 N–H and O–H groups in total. The van der Waals surface area contributed by atoms with Crippen molar-refractivity contribution in [2.24, 2.45) is 5.73 Å². The second-order valence-corrected chi connectivity index (χ2v) is 10.5. The number of aromatic nitrogens is 1. The SMILES string of the molecule is NC(C(=O)O)c1cc(Br)c(Oc2ccc3[nH]cc(S(=O)(=O)c4ccccc4)c3c2)c(Br)c1. The van der Waals surface area contributed by atoms with Crippen molar-refractivity contribution in [2.45, 2.75) is 15.8 Å². The van der Waals surface area contributed by atoms with Gasteiger partial charge in [-0.1, -0.05) is 18.2 Å². The zero-order valence-corrected chi connectivity index (χ0v) is 20.2. The lowest BCUT2D eigenvalue weighted by Gasteiger charge is -2.14. The zero-order chi connectivity index (χ0) is 23.0. The fourth-order valence-corrected chi connectivity index (χ4v) is 6.03. The number of hydrogen-bond acceptors (Lipinski definition) is 5. The number of carboxylic acid groups (broad SMARTS) is 1. The lowest BCUT2D eigenvalue weighted by molar-refractivity contribution is -0.138. The molecule has 0 radical (unpaired) electrons. The number of aliphatic carboxylic acids is 1. The Kier molecular flexibility index (Phi) is 6.13. The van der Waals surface area contributed by atoms with Crippen LogP contribution in [0.2, 0.25) is 0 Å². The molecule has 164 valence electrons. The fourth-order valence-electron chi connectivity index (χ4n) is 3.20. The number of hydrogen-bond donors (Lipinski definition) is 3. The highest BCUT2D eigenvalue weighted by Crippen LogP contribution is 2.40. The molecule has 0 fully saturated rings. The molecule has 32 heavy (non-hydrogen) atoms. The Morgan fingerprint density at radius 1 is 1.03 bits per heavy atom. The number of nitrogens with two attached hydrogens (primary N) is 1. The van der Waals surface area contributed by atoms with Crippen molar-refractivity contribution >= 4 is 58.6 Å². The van der Waals surface area contributed by atoms with Gasteiger partial charge >= 0.3 is 5.97 Å². The molecule has 10 heteroatoms. The maximum atomic E-state index is 13.1. The number of fused-ring (bicyclic) bond motifs is 1. The van der Waals surface area contributed by atoms with Gasteiger partial charge < -0.3 is 20.6 Å². The average Bonchev–Trinajstić information content (AvgIpc) is 3.20. The molecule has 0 saturated carbocycles. The molecule has 0 saturated heterocycles. The maximum Gasteiger partial charge on any atom is 0.325 e. The molecule has 4 aromatic rings. The molecule has 1 unspecified atom stereocenters. The van der Waals surface area contributed by atoms with Gasteiger partial charge in [-0.25, -0.2) is 8.42 Å². The van der Waals surface area contributed by atoms with Crippen LogP contribution in [0.25, 0.3) is 10.9 Å². The Labute approximate surface area is 200 Å². The number of sulfone groups is 1. The highest BCUT2D eigenvalue weighted by atomic mass is 79.9. The van der Waals surface area contributed by atoms with Crippen LogP contribution < -0.4 is 10.5 Å². The minimum absolute atomic E-state index is 0.144. The lowest BCUT2D eigenvalue weighted by Crippen LogP contribution is -2.20. The summed E-state index contributed by atoms with van der Waals surface area (Å²) < 4.78 is 33.2. The maximum absolute atomic E-state index is 13.1. The van der Waals surface area contributed by atoms with Crippen molar-refractivity contribution in [3.8, 4) is 11.5 Å². The Morgan fingerprint density at radius 3 is 2.31 bits per heavy atom. The summed E-state index contributed by atoms with van der Waals surface area (Å²) in [6.45, 7) is 0. The molecular formula is C22H16Br2N2O5S. The Hall–Kier alpha value is -2.66. The van der Waals surface area contributed by atoms with Crippen molar-refractivity contribution in [1.82, 2.24) is 4.98 Å². The molecule has 0 aliphatic rings. The van der Waals surface area contributed by atoms with E-state index in [1.54, 1.807) is 60.7 Å². The van der Waals surface area contributed by atoms with Gasteiger partial charge in [-0.2, -0.15) is 0 Å². The zero-order valence-electron chi connectivity index (χ0n) is 16.2. The first-order valence-electron chi connectivity index (χ1n) is 9.25. The molecule has 3 aromatic carbocycles. The number of carbonyl (C=O) groups is 1. The standard InChI is InChI=1S/C22H16Br2N2O5S/c23-16-8-12(20(25)22(27)28)9-17(24)21(16)31-13-6-7-18-15(10-13)19(11-26-18)32(29,30)14-4-2-1-3-5-14/h1-11,20,26H,25H2,(H,27,28). The van der Waals surface area contributed by atoms with Gasteiger partial charge in [0.15, 0.2) is 5.75 Å². The lowest BCUT2D eigenvalue weighted by atomic mass is 10.1. The quantitative estimate of drug-likeness (QED) is 0.281. The minimum Gasteiger partial charge on any atom is -0.480 e. The molecule has 4 rings (SSSR count). The van der Waals surface area contributed by atoms with Crippen molar-refractivity contribution in [3.63, 3.8) is 0 Å². The van der Waals surface area contributed by atoms with Gasteiger partial charge in [0.05, 0.1) is 18.7 Å². The van der Waals surface area contributed by atoms with E-state index < -0.39 is 21.8 Å². The van der Waals surface area contributed by atoms with Gasteiger partial charge in [-0.05, 0) is 79.9 Å². The smallest absolute Gasteiger partial charge is 0.325 e. The first kappa shape index (κ1) is 22.5. The first-order chi connectivity index (χ1) is 15.2. The predicted octanol–water partition coefficient (Wildman–Crippen LogP) is 5.40. The highest BCUT2D eigenvalue weighted by molar-refractivity contribution is 9.11. The topological polar surface area (TPSA) is 122 Å². The Bertz CT molecular complexity index is 1410. The summed E-state index contributed by atoms with van der Waals surface area (Å²) in [5.41, 5.74) is 6.73. The van der Waals surface area contributed by atoms with Crippen molar-refractivity contribution in [1.29, 1.82) is 0 Å². The Morgan fingerprint density at radius 2 is 1.69 bits per heavy atom. The predicted molar refractivity (Wildman–Crippen MR) is 127 cm³/mol. The number of rotatable bonds is 6. The van der Waals surface area contributed by atoms with E-state index in [-0.39, 0.29) is 9.79 Å². The van der Waals surface area contributed by atoms with Gasteiger partial charge in [0, 0.05) is 17.1 Å². The third-order valence-corrected chi connectivity index (χ3v) is 7.81. The van der Waals surface area contributed by atoms with E-state index in [1.807, 2.05) is 0 Å². The molecule has 0 bridgehead atoms. The molecule has 1 atom stereocenters. The van der Waals surface area contributed by atoms with E-state index in [1.165, 1.54) is 6.20 Å². The Balaban J connectivity index is 1.73. The van der Waals surface area contributed by atoms with Crippen molar-refractivity contribution in [3.05, 3.63) is 81.4 Å². The largest absolute Gasteiger partial charge is 0.480 e. The van der Waals surface area contributed by atoms with Gasteiger partial charge in [0.1, 0.15) is 11.8 Å². The van der Waals surface area contributed by atoms with Crippen LogP contribution in [0.1, 0.15) is 11.6 Å². The molecule has 7 nitrogen and oxygen atoms in total. The van der Waals surface area contributed by atoms with E-state index in [4.69, 9.17) is 15.6 Å². The molecule has 0 spiro atoms. The average molecular weight is 580 g/mol. The summed E-state index contributed by atoms with van der Waals surface area (Å²) in [6, 6.07) is 15.2. The third-order valence-electron chi connectivity index (χ3n) is 4.82. The number of ether oxygens (including phenoxy) is 1. The van der Waals surface area contributed by atoms with Crippen LogP contribution in [0.3, 0.4) is 0 Å². The molecule has 1 aromatic heterocycles. The molecule has 0 aliphatic heterocycles. The molecular weight excluding hydrogens is 564 g/mol. The molecule has 1 heterocycles. The van der Waals surface area contributed by atoms with Crippen LogP contribution in [-0.4, -0.2) is 24.5 Å². The summed E-state index contributed by atoms with van der Waals surface area (Å²) >= 11 is 6.77. The van der Waals surface area contributed by atoms with Crippen LogP contribution in [0, 0.1) is 0 Å². The summed E-state index contributed by atoms with van der Waals surface area (Å²) in [5.74, 6) is -0.352. The van der Waals surface area contributed by atoms with E-state index >= 15 is 0 Å². The van der Waals surface area contributed by atoms with Crippen LogP contribution in [0.5, 0.6) is 11.5 Å². The number of H-pyrrole nitrogens is 1. The van der Waals surface area contributed by atoms with Crippen LogP contribution in [0.15, 0.2) is 85.6 Å². The van der Waals surface area contributed by atoms with Crippen LogP contribution in [-0.2, 0) is 14.6 Å². The second kappa shape index (κ2) is 8.70. The summed E-state index contributed by atoms with van der Waals surface area (Å²) in [5, 5.41) is 9.63. The van der Waals surface area contributed by atoms with E-state index in [2.05, 4.69) is 36.8 Å².